The Kier molecular flexibility index (Phi) is 3.78. The van der Waals surface area contributed by atoms with Gasteiger partial charge >= 0.3 is 0 Å². The van der Waals surface area contributed by atoms with Crippen molar-refractivity contribution in [3.8, 4) is 0 Å². The van der Waals surface area contributed by atoms with Gasteiger partial charge < -0.3 is 0 Å². The Bertz CT molecular complexity index is 406. The Morgan fingerprint density at radius 2 is 1.88 bits per heavy atom. The molecule has 1 aromatic rings. The molecule has 1 atom stereocenters. The van der Waals surface area contributed by atoms with Gasteiger partial charge in [-0.25, -0.2) is 0 Å². The highest BCUT2D eigenvalue weighted by atomic mass is 16.2. The largest absolute Gasteiger partial charge is 0.299 e. The van der Waals surface area contributed by atoms with Crippen molar-refractivity contribution in [2.45, 2.75) is 20.3 Å². The fourth-order valence-electron chi connectivity index (χ4n) is 1.59. The molecule has 0 saturated heterocycles. The predicted octanol–water partition coefficient (Wildman–Crippen LogP) is 3.04. The van der Waals surface area contributed by atoms with E-state index in [1.165, 1.54) is 6.92 Å². The van der Waals surface area contributed by atoms with Gasteiger partial charge in [0.1, 0.15) is 5.78 Å². The van der Waals surface area contributed by atoms with E-state index in [1.807, 2.05) is 6.07 Å². The molecule has 0 saturated carbocycles. The third kappa shape index (κ3) is 2.27. The number of ketones is 2. The lowest BCUT2D eigenvalue weighted by Gasteiger charge is -2.23. The molecule has 1 aromatic carbocycles. The second-order valence-electron chi connectivity index (χ2n) is 4.08. The number of hydrogen-bond acceptors (Lipinski definition) is 2. The maximum Gasteiger partial charge on any atom is 0.176 e. The number of carbonyl (C=O) groups is 2. The maximum atomic E-state index is 12.2. The van der Waals surface area contributed by atoms with E-state index in [9.17, 15) is 9.59 Å². The highest BCUT2D eigenvalue weighted by Crippen LogP contribution is 2.28. The zero-order valence-electron chi connectivity index (χ0n) is 9.69. The van der Waals surface area contributed by atoms with Gasteiger partial charge in [-0.1, -0.05) is 36.4 Å². The van der Waals surface area contributed by atoms with Crippen molar-refractivity contribution in [1.29, 1.82) is 0 Å². The minimum Gasteiger partial charge on any atom is -0.299 e. The summed E-state index contributed by atoms with van der Waals surface area (Å²) < 4.78 is 0. The van der Waals surface area contributed by atoms with Crippen molar-refractivity contribution in [2.24, 2.45) is 5.41 Å². The Labute approximate surface area is 96.0 Å². The van der Waals surface area contributed by atoms with Crippen LogP contribution in [-0.4, -0.2) is 11.6 Å². The fourth-order valence-corrected chi connectivity index (χ4v) is 1.59. The third-order valence-corrected chi connectivity index (χ3v) is 2.87. The quantitative estimate of drug-likeness (QED) is 0.430. The monoisotopic (exact) mass is 216 g/mol. The number of Topliss-reactive ketones (excluding diaryl/α,β-unsaturated/α-hetero) is 2. The van der Waals surface area contributed by atoms with Crippen molar-refractivity contribution in [3.05, 3.63) is 48.6 Å². The van der Waals surface area contributed by atoms with Crippen molar-refractivity contribution in [1.82, 2.24) is 0 Å². The Balaban J connectivity index is 3.11. The SMILES string of the molecule is C=CCC(C)(C(C)=O)C(=O)c1ccccc1. The van der Waals surface area contributed by atoms with E-state index in [0.717, 1.165) is 0 Å². The first-order chi connectivity index (χ1) is 7.52. The molecule has 0 aliphatic rings. The summed E-state index contributed by atoms with van der Waals surface area (Å²) in [6, 6.07) is 8.89. The summed E-state index contributed by atoms with van der Waals surface area (Å²) in [5.74, 6) is -0.262. The van der Waals surface area contributed by atoms with Crippen LogP contribution in [0.5, 0.6) is 0 Å². The number of benzene rings is 1. The molecule has 0 fully saturated rings. The zero-order valence-corrected chi connectivity index (χ0v) is 9.69. The summed E-state index contributed by atoms with van der Waals surface area (Å²) in [7, 11) is 0. The molecule has 84 valence electrons. The van der Waals surface area contributed by atoms with Crippen LogP contribution in [0.4, 0.5) is 0 Å². The summed E-state index contributed by atoms with van der Waals surface area (Å²) in [5, 5.41) is 0. The molecule has 0 aliphatic heterocycles. The van der Waals surface area contributed by atoms with Crippen molar-refractivity contribution in [2.75, 3.05) is 0 Å². The summed E-state index contributed by atoms with van der Waals surface area (Å²) in [6.45, 7) is 6.72. The smallest absolute Gasteiger partial charge is 0.176 e. The molecule has 1 unspecified atom stereocenters. The van der Waals surface area contributed by atoms with Crippen LogP contribution in [0.1, 0.15) is 30.6 Å². The van der Waals surface area contributed by atoms with Gasteiger partial charge in [0.25, 0.3) is 0 Å². The van der Waals surface area contributed by atoms with E-state index in [-0.39, 0.29) is 11.6 Å². The normalized spacial score (nSPS) is 13.9. The van der Waals surface area contributed by atoms with Crippen molar-refractivity contribution in [3.63, 3.8) is 0 Å². The number of hydrogen-bond donors (Lipinski definition) is 0. The lowest BCUT2D eigenvalue weighted by molar-refractivity contribution is -0.123. The lowest BCUT2D eigenvalue weighted by atomic mass is 9.76. The van der Waals surface area contributed by atoms with Crippen LogP contribution < -0.4 is 0 Å². The van der Waals surface area contributed by atoms with Gasteiger partial charge in [0, 0.05) is 5.56 Å². The van der Waals surface area contributed by atoms with Crippen LogP contribution in [0.15, 0.2) is 43.0 Å². The van der Waals surface area contributed by atoms with Gasteiger partial charge in [0.05, 0.1) is 5.41 Å². The van der Waals surface area contributed by atoms with E-state index in [2.05, 4.69) is 6.58 Å². The summed E-state index contributed by atoms with van der Waals surface area (Å²) in [6.07, 6.45) is 1.98. The minimum atomic E-state index is -0.983. The standard InChI is InChI=1S/C14H16O2/c1-4-10-14(3,11(2)15)13(16)12-8-6-5-7-9-12/h4-9H,1,10H2,2-3H3. The van der Waals surface area contributed by atoms with Gasteiger partial charge in [-0.15, -0.1) is 6.58 Å². The first-order valence-electron chi connectivity index (χ1n) is 5.24. The molecule has 2 nitrogen and oxygen atoms in total. The zero-order chi connectivity index (χ0) is 12.2. The van der Waals surface area contributed by atoms with Crippen molar-refractivity contribution < 1.29 is 9.59 Å². The van der Waals surface area contributed by atoms with Crippen LogP contribution in [0.25, 0.3) is 0 Å². The van der Waals surface area contributed by atoms with E-state index >= 15 is 0 Å². The van der Waals surface area contributed by atoms with Crippen molar-refractivity contribution >= 4 is 11.6 Å². The molecule has 0 radical (unpaired) electrons. The second kappa shape index (κ2) is 4.88. The molecule has 2 heteroatoms. The average molecular weight is 216 g/mol. The minimum absolute atomic E-state index is 0.124. The highest BCUT2D eigenvalue weighted by Gasteiger charge is 2.37. The van der Waals surface area contributed by atoms with Gasteiger partial charge in [-0.2, -0.15) is 0 Å². The summed E-state index contributed by atoms with van der Waals surface area (Å²) in [5.41, 5.74) is -0.412. The second-order valence-corrected chi connectivity index (χ2v) is 4.08. The number of rotatable bonds is 5. The molecule has 0 N–H and O–H groups in total. The number of carbonyl (C=O) groups excluding carboxylic acids is 2. The van der Waals surface area contributed by atoms with Gasteiger partial charge in [0.2, 0.25) is 0 Å². The van der Waals surface area contributed by atoms with Crippen LogP contribution in [-0.2, 0) is 4.79 Å². The molecule has 0 amide bonds. The van der Waals surface area contributed by atoms with Gasteiger partial charge in [0.15, 0.2) is 5.78 Å². The average Bonchev–Trinajstić information content (AvgIpc) is 2.29. The molecule has 0 heterocycles. The van der Waals surface area contributed by atoms with Crippen LogP contribution in [0, 0.1) is 5.41 Å². The van der Waals surface area contributed by atoms with E-state index < -0.39 is 5.41 Å². The molecule has 16 heavy (non-hydrogen) atoms. The molecule has 1 rings (SSSR count). The molecular formula is C14H16O2. The first kappa shape index (κ1) is 12.4. The number of allylic oxidation sites excluding steroid dienone is 1. The predicted molar refractivity (Wildman–Crippen MR) is 64.4 cm³/mol. The van der Waals surface area contributed by atoms with Crippen LogP contribution >= 0.6 is 0 Å². The lowest BCUT2D eigenvalue weighted by Crippen LogP contribution is -2.34. The Morgan fingerprint density at radius 1 is 1.31 bits per heavy atom. The van der Waals surface area contributed by atoms with Crippen LogP contribution in [0.3, 0.4) is 0 Å². The van der Waals surface area contributed by atoms with E-state index in [1.54, 1.807) is 37.3 Å². The molecule has 0 aliphatic carbocycles. The summed E-state index contributed by atoms with van der Waals surface area (Å²) >= 11 is 0. The molecule has 0 spiro atoms. The Morgan fingerprint density at radius 3 is 2.31 bits per heavy atom. The van der Waals surface area contributed by atoms with Gasteiger partial charge in [-0.05, 0) is 20.3 Å². The van der Waals surface area contributed by atoms with Gasteiger partial charge in [-0.3, -0.25) is 9.59 Å². The molecule has 0 bridgehead atoms. The highest BCUT2D eigenvalue weighted by molar-refractivity contribution is 6.13. The topological polar surface area (TPSA) is 34.1 Å². The first-order valence-corrected chi connectivity index (χ1v) is 5.24. The van der Waals surface area contributed by atoms with E-state index in [0.29, 0.717) is 12.0 Å². The summed E-state index contributed by atoms with van der Waals surface area (Å²) in [4.78, 5) is 23.8. The molecule has 0 aromatic heterocycles. The molecular weight excluding hydrogens is 200 g/mol. The van der Waals surface area contributed by atoms with Crippen LogP contribution in [0.2, 0.25) is 0 Å². The van der Waals surface area contributed by atoms with E-state index in [4.69, 9.17) is 0 Å². The third-order valence-electron chi connectivity index (χ3n) is 2.87. The maximum absolute atomic E-state index is 12.2. The fraction of sp³-hybridized carbons (Fsp3) is 0.286. The Hall–Kier alpha value is -1.70.